The van der Waals surface area contributed by atoms with Gasteiger partial charge in [-0.2, -0.15) is 0 Å². The molecular formula is C23H36O3S. The minimum atomic E-state index is -2.90. The smallest absolute Gasteiger partial charge is 0.152 e. The second kappa shape index (κ2) is 9.45. The maximum Gasteiger partial charge on any atom is 0.152 e. The predicted octanol–water partition coefficient (Wildman–Crippen LogP) is 5.57. The molecule has 0 aliphatic heterocycles. The maximum absolute atomic E-state index is 12.1. The van der Waals surface area contributed by atoms with Crippen molar-refractivity contribution in [2.45, 2.75) is 89.4 Å². The Kier molecular flexibility index (Phi) is 7.24. The second-order valence-corrected chi connectivity index (χ2v) is 11.6. The molecule has 152 valence electrons. The molecule has 2 fully saturated rings. The van der Waals surface area contributed by atoms with Gasteiger partial charge in [-0.1, -0.05) is 25.0 Å². The highest BCUT2D eigenvalue weighted by atomic mass is 32.2. The van der Waals surface area contributed by atoms with Crippen molar-refractivity contribution in [3.63, 3.8) is 0 Å². The van der Waals surface area contributed by atoms with Crippen molar-refractivity contribution in [1.82, 2.24) is 0 Å². The second-order valence-electron chi connectivity index (χ2n) is 8.98. The summed E-state index contributed by atoms with van der Waals surface area (Å²) >= 11 is 0. The highest BCUT2D eigenvalue weighted by Crippen LogP contribution is 2.33. The fourth-order valence-corrected chi connectivity index (χ4v) is 5.93. The van der Waals surface area contributed by atoms with E-state index < -0.39 is 9.84 Å². The molecule has 0 aromatic heterocycles. The zero-order valence-corrected chi connectivity index (χ0v) is 17.8. The number of rotatable bonds is 8. The summed E-state index contributed by atoms with van der Waals surface area (Å²) in [5, 5.41) is -0.242. The number of hydrogen-bond donors (Lipinski definition) is 0. The van der Waals surface area contributed by atoms with Gasteiger partial charge in [0.15, 0.2) is 9.84 Å². The molecule has 3 nitrogen and oxygen atoms in total. The Hall–Kier alpha value is -1.03. The fourth-order valence-electron chi connectivity index (χ4n) is 4.55. The molecule has 0 N–H and O–H groups in total. The van der Waals surface area contributed by atoms with Gasteiger partial charge in [0, 0.05) is 0 Å². The molecule has 0 saturated heterocycles. The monoisotopic (exact) mass is 392 g/mol. The molecule has 2 saturated carbocycles. The molecule has 2 aliphatic carbocycles. The third kappa shape index (κ3) is 6.23. The summed E-state index contributed by atoms with van der Waals surface area (Å²) in [7, 11) is -2.90. The van der Waals surface area contributed by atoms with E-state index in [9.17, 15) is 8.42 Å². The van der Waals surface area contributed by atoms with E-state index >= 15 is 0 Å². The van der Waals surface area contributed by atoms with Crippen molar-refractivity contribution in [1.29, 1.82) is 0 Å². The van der Waals surface area contributed by atoms with E-state index in [2.05, 4.69) is 24.3 Å². The third-order valence-corrected chi connectivity index (χ3v) is 8.87. The highest BCUT2D eigenvalue weighted by molar-refractivity contribution is 7.91. The molecule has 4 heteroatoms. The fraction of sp³-hybridized carbons (Fsp3) is 0.739. The Balaban J connectivity index is 1.42. The van der Waals surface area contributed by atoms with Crippen LogP contribution in [0.15, 0.2) is 24.3 Å². The van der Waals surface area contributed by atoms with Crippen molar-refractivity contribution in [2.75, 3.05) is 5.75 Å². The lowest BCUT2D eigenvalue weighted by Crippen LogP contribution is -2.26. The minimum Gasteiger partial charge on any atom is -0.490 e. The van der Waals surface area contributed by atoms with Crippen LogP contribution >= 0.6 is 0 Å². The quantitative estimate of drug-likeness (QED) is 0.581. The standard InChI is InChI=1S/C23H36O3S/c1-18(2)27(24,25)17-21-14-11-19(12-15-21)10-13-20-6-5-9-23(16-20)26-22-7-3-4-8-22/h5-6,9,16,18-19,21-22H,3-4,7-8,10-15,17H2,1-2H3. The average Bonchev–Trinajstić information content (AvgIpc) is 3.14. The van der Waals surface area contributed by atoms with E-state index in [1.54, 1.807) is 13.8 Å². The Bertz CT molecular complexity index is 681. The van der Waals surface area contributed by atoms with Gasteiger partial charge in [-0.15, -0.1) is 0 Å². The van der Waals surface area contributed by atoms with Crippen LogP contribution in [0.25, 0.3) is 0 Å². The third-order valence-electron chi connectivity index (χ3n) is 6.50. The van der Waals surface area contributed by atoms with Crippen LogP contribution in [0, 0.1) is 11.8 Å². The van der Waals surface area contributed by atoms with Crippen molar-refractivity contribution in [2.24, 2.45) is 11.8 Å². The van der Waals surface area contributed by atoms with Gasteiger partial charge in [-0.05, 0) is 94.7 Å². The summed E-state index contributed by atoms with van der Waals surface area (Å²) < 4.78 is 30.4. The molecule has 0 radical (unpaired) electrons. The van der Waals surface area contributed by atoms with E-state index in [-0.39, 0.29) is 5.25 Å². The van der Waals surface area contributed by atoms with Crippen LogP contribution in [0.4, 0.5) is 0 Å². The topological polar surface area (TPSA) is 43.4 Å². The molecule has 3 rings (SSSR count). The molecule has 0 bridgehead atoms. The molecule has 0 spiro atoms. The first kappa shape index (κ1) is 20.7. The molecular weight excluding hydrogens is 356 g/mol. The molecule has 1 aromatic carbocycles. The van der Waals surface area contributed by atoms with Crippen molar-refractivity contribution < 1.29 is 13.2 Å². The Morgan fingerprint density at radius 1 is 1.00 bits per heavy atom. The summed E-state index contributed by atoms with van der Waals surface area (Å²) in [5.74, 6) is 2.53. The predicted molar refractivity (Wildman–Crippen MR) is 112 cm³/mol. The lowest BCUT2D eigenvalue weighted by atomic mass is 9.80. The summed E-state index contributed by atoms with van der Waals surface area (Å²) in [6.07, 6.45) is 12.2. The Morgan fingerprint density at radius 2 is 1.67 bits per heavy atom. The van der Waals surface area contributed by atoms with Gasteiger partial charge in [-0.25, -0.2) is 8.42 Å². The molecule has 1 aromatic rings. The zero-order chi connectivity index (χ0) is 19.3. The normalized spacial score (nSPS) is 24.4. The molecule has 0 heterocycles. The van der Waals surface area contributed by atoms with E-state index in [0.717, 1.165) is 30.9 Å². The van der Waals surface area contributed by atoms with Crippen LogP contribution in [-0.4, -0.2) is 25.5 Å². The van der Waals surface area contributed by atoms with Gasteiger partial charge in [-0.3, -0.25) is 0 Å². The minimum absolute atomic E-state index is 0.242. The van der Waals surface area contributed by atoms with Crippen LogP contribution in [0.5, 0.6) is 5.75 Å². The SMILES string of the molecule is CC(C)S(=O)(=O)CC1CCC(CCc2cccc(OC3CCCC3)c2)CC1. The van der Waals surface area contributed by atoms with Crippen LogP contribution in [0.3, 0.4) is 0 Å². The number of aryl methyl sites for hydroxylation is 1. The van der Waals surface area contributed by atoms with Gasteiger partial charge in [0.1, 0.15) is 5.75 Å². The van der Waals surface area contributed by atoms with Crippen LogP contribution < -0.4 is 4.74 Å². The Labute approximate surface area is 165 Å². The summed E-state index contributed by atoms with van der Waals surface area (Å²) in [6.45, 7) is 3.59. The van der Waals surface area contributed by atoms with E-state index in [0.29, 0.717) is 17.8 Å². The zero-order valence-electron chi connectivity index (χ0n) is 17.0. The summed E-state index contributed by atoms with van der Waals surface area (Å²) in [5.41, 5.74) is 1.37. The van der Waals surface area contributed by atoms with Gasteiger partial charge in [0.25, 0.3) is 0 Å². The number of benzene rings is 1. The van der Waals surface area contributed by atoms with Gasteiger partial charge in [0.2, 0.25) is 0 Å². The van der Waals surface area contributed by atoms with E-state index in [4.69, 9.17) is 4.74 Å². The highest BCUT2D eigenvalue weighted by Gasteiger charge is 2.27. The molecule has 2 aliphatic rings. The van der Waals surface area contributed by atoms with Crippen LogP contribution in [0.2, 0.25) is 0 Å². The molecule has 0 amide bonds. The van der Waals surface area contributed by atoms with Crippen molar-refractivity contribution in [3.8, 4) is 5.75 Å². The van der Waals surface area contributed by atoms with Crippen LogP contribution in [0.1, 0.15) is 77.2 Å². The molecule has 0 unspecified atom stereocenters. The largest absolute Gasteiger partial charge is 0.490 e. The first-order chi connectivity index (χ1) is 12.9. The maximum atomic E-state index is 12.1. The molecule has 27 heavy (non-hydrogen) atoms. The van der Waals surface area contributed by atoms with E-state index in [1.807, 2.05) is 0 Å². The summed E-state index contributed by atoms with van der Waals surface area (Å²) in [6, 6.07) is 8.64. The first-order valence-electron chi connectivity index (χ1n) is 10.9. The van der Waals surface area contributed by atoms with Crippen molar-refractivity contribution >= 4 is 9.84 Å². The number of sulfone groups is 1. The van der Waals surface area contributed by atoms with Gasteiger partial charge >= 0.3 is 0 Å². The Morgan fingerprint density at radius 3 is 2.33 bits per heavy atom. The van der Waals surface area contributed by atoms with E-state index in [1.165, 1.54) is 50.5 Å². The lowest BCUT2D eigenvalue weighted by molar-refractivity contribution is 0.210. The average molecular weight is 393 g/mol. The molecule has 0 atom stereocenters. The van der Waals surface area contributed by atoms with Crippen molar-refractivity contribution in [3.05, 3.63) is 29.8 Å². The lowest BCUT2D eigenvalue weighted by Gasteiger charge is -2.29. The number of hydrogen-bond acceptors (Lipinski definition) is 3. The van der Waals surface area contributed by atoms with Crippen LogP contribution in [-0.2, 0) is 16.3 Å². The van der Waals surface area contributed by atoms with Gasteiger partial charge in [0.05, 0.1) is 17.1 Å². The first-order valence-corrected chi connectivity index (χ1v) is 12.6. The van der Waals surface area contributed by atoms with Gasteiger partial charge < -0.3 is 4.74 Å². The number of ether oxygens (including phenoxy) is 1. The summed E-state index contributed by atoms with van der Waals surface area (Å²) in [4.78, 5) is 0.